The summed E-state index contributed by atoms with van der Waals surface area (Å²) in [7, 11) is 0. The minimum atomic E-state index is 0.353. The maximum absolute atomic E-state index is 5.98. The predicted molar refractivity (Wildman–Crippen MR) is 53.5 cm³/mol. The normalized spacial score (nSPS) is 43.2. The Bertz CT molecular complexity index is 185. The van der Waals surface area contributed by atoms with Gasteiger partial charge in [0, 0.05) is 12.6 Å². The predicted octanol–water partition coefficient (Wildman–Crippen LogP) is 1.93. The number of hydrogen-bond donors (Lipinski definition) is 1. The first-order valence-electron chi connectivity index (χ1n) is 5.48. The molecule has 2 fully saturated rings. The monoisotopic (exact) mass is 183 g/mol. The van der Waals surface area contributed by atoms with Gasteiger partial charge in [0.15, 0.2) is 0 Å². The van der Waals surface area contributed by atoms with Crippen LogP contribution in [0.1, 0.15) is 39.5 Å². The number of nitrogens with two attached hydrogens (primary N) is 1. The zero-order valence-electron chi connectivity index (χ0n) is 8.75. The third kappa shape index (κ3) is 1.62. The maximum atomic E-state index is 5.98. The van der Waals surface area contributed by atoms with E-state index in [0.717, 1.165) is 12.5 Å². The lowest BCUT2D eigenvalue weighted by atomic mass is 9.57. The summed E-state index contributed by atoms with van der Waals surface area (Å²) >= 11 is 0. The summed E-state index contributed by atoms with van der Waals surface area (Å²) in [6, 6.07) is 0.416. The summed E-state index contributed by atoms with van der Waals surface area (Å²) < 4.78 is 5.65. The van der Waals surface area contributed by atoms with Crippen LogP contribution < -0.4 is 5.73 Å². The highest BCUT2D eigenvalue weighted by atomic mass is 16.5. The van der Waals surface area contributed by atoms with E-state index in [1.165, 1.54) is 25.7 Å². The van der Waals surface area contributed by atoms with Gasteiger partial charge in [0.2, 0.25) is 0 Å². The number of ether oxygens (including phenoxy) is 1. The molecule has 13 heavy (non-hydrogen) atoms. The molecule has 0 spiro atoms. The van der Waals surface area contributed by atoms with Crippen LogP contribution in [0.5, 0.6) is 0 Å². The van der Waals surface area contributed by atoms with E-state index in [2.05, 4.69) is 13.8 Å². The Kier molecular flexibility index (Phi) is 2.37. The van der Waals surface area contributed by atoms with Crippen LogP contribution in [0.3, 0.4) is 0 Å². The standard InChI is InChI=1S/C11H21NO/c1-11(2)8(7-10(11)12)6-9-4-3-5-13-9/h8-10H,3-7,12H2,1-2H3. The van der Waals surface area contributed by atoms with E-state index in [9.17, 15) is 0 Å². The molecular weight excluding hydrogens is 162 g/mol. The molecule has 2 aliphatic rings. The van der Waals surface area contributed by atoms with Gasteiger partial charge in [0.1, 0.15) is 0 Å². The summed E-state index contributed by atoms with van der Waals surface area (Å²) in [6.07, 6.45) is 5.50. The highest BCUT2D eigenvalue weighted by Gasteiger charge is 2.46. The van der Waals surface area contributed by atoms with Crippen LogP contribution >= 0.6 is 0 Å². The molecule has 1 aliphatic heterocycles. The third-order valence-corrected chi connectivity index (χ3v) is 4.12. The minimum Gasteiger partial charge on any atom is -0.378 e. The highest BCUT2D eigenvalue weighted by molar-refractivity contribution is 5.00. The van der Waals surface area contributed by atoms with Crippen LogP contribution in [0.25, 0.3) is 0 Å². The molecule has 2 heteroatoms. The van der Waals surface area contributed by atoms with Crippen molar-refractivity contribution in [2.24, 2.45) is 17.1 Å². The van der Waals surface area contributed by atoms with Gasteiger partial charge in [0.05, 0.1) is 6.10 Å². The second-order valence-electron chi connectivity index (χ2n) is 5.23. The fourth-order valence-corrected chi connectivity index (χ4v) is 2.60. The molecule has 2 N–H and O–H groups in total. The zero-order valence-corrected chi connectivity index (χ0v) is 8.75. The average Bonchev–Trinajstić information content (AvgIpc) is 2.56. The molecule has 0 bridgehead atoms. The maximum Gasteiger partial charge on any atom is 0.0578 e. The Hall–Kier alpha value is -0.0800. The summed E-state index contributed by atoms with van der Waals surface area (Å²) in [5.74, 6) is 0.797. The summed E-state index contributed by atoms with van der Waals surface area (Å²) in [4.78, 5) is 0. The van der Waals surface area contributed by atoms with Gasteiger partial charge in [-0.05, 0) is 37.0 Å². The largest absolute Gasteiger partial charge is 0.378 e. The molecular formula is C11H21NO. The molecule has 76 valence electrons. The molecule has 2 rings (SSSR count). The Labute approximate surface area is 80.8 Å². The van der Waals surface area contributed by atoms with E-state index in [-0.39, 0.29) is 0 Å². The van der Waals surface area contributed by atoms with Gasteiger partial charge in [-0.15, -0.1) is 0 Å². The average molecular weight is 183 g/mol. The van der Waals surface area contributed by atoms with Crippen LogP contribution in [-0.2, 0) is 4.74 Å². The molecule has 0 aromatic heterocycles. The second-order valence-corrected chi connectivity index (χ2v) is 5.23. The Morgan fingerprint density at radius 3 is 2.69 bits per heavy atom. The van der Waals surface area contributed by atoms with Crippen LogP contribution in [0.15, 0.2) is 0 Å². The van der Waals surface area contributed by atoms with Crippen molar-refractivity contribution in [1.82, 2.24) is 0 Å². The fourth-order valence-electron chi connectivity index (χ4n) is 2.60. The molecule has 0 aromatic carbocycles. The quantitative estimate of drug-likeness (QED) is 0.710. The summed E-state index contributed by atoms with van der Waals surface area (Å²) in [6.45, 7) is 5.56. The smallest absolute Gasteiger partial charge is 0.0578 e. The third-order valence-electron chi connectivity index (χ3n) is 4.12. The van der Waals surface area contributed by atoms with Crippen molar-refractivity contribution in [1.29, 1.82) is 0 Å². The van der Waals surface area contributed by atoms with E-state index < -0.39 is 0 Å². The van der Waals surface area contributed by atoms with Crippen molar-refractivity contribution in [2.75, 3.05) is 6.61 Å². The lowest BCUT2D eigenvalue weighted by molar-refractivity contribution is -0.0112. The van der Waals surface area contributed by atoms with Crippen molar-refractivity contribution in [3.63, 3.8) is 0 Å². The topological polar surface area (TPSA) is 35.2 Å². The molecule has 1 heterocycles. The van der Waals surface area contributed by atoms with Crippen molar-refractivity contribution in [3.05, 3.63) is 0 Å². The van der Waals surface area contributed by atoms with Crippen LogP contribution in [0.2, 0.25) is 0 Å². The first-order chi connectivity index (χ1) is 6.10. The minimum absolute atomic E-state index is 0.353. The van der Waals surface area contributed by atoms with E-state index in [4.69, 9.17) is 10.5 Å². The van der Waals surface area contributed by atoms with Gasteiger partial charge in [-0.1, -0.05) is 13.8 Å². The van der Waals surface area contributed by atoms with Gasteiger partial charge >= 0.3 is 0 Å². The van der Waals surface area contributed by atoms with Gasteiger partial charge in [-0.2, -0.15) is 0 Å². The van der Waals surface area contributed by atoms with Crippen LogP contribution in [0, 0.1) is 11.3 Å². The van der Waals surface area contributed by atoms with Crippen LogP contribution in [0.4, 0.5) is 0 Å². The highest BCUT2D eigenvalue weighted by Crippen LogP contribution is 2.48. The fraction of sp³-hybridized carbons (Fsp3) is 1.00. The van der Waals surface area contributed by atoms with Gasteiger partial charge in [-0.3, -0.25) is 0 Å². The van der Waals surface area contributed by atoms with Gasteiger partial charge in [0.25, 0.3) is 0 Å². The SMILES string of the molecule is CC1(C)C(N)CC1CC1CCCO1. The van der Waals surface area contributed by atoms with Crippen molar-refractivity contribution < 1.29 is 4.74 Å². The molecule has 1 aliphatic carbocycles. The molecule has 1 saturated heterocycles. The van der Waals surface area contributed by atoms with E-state index in [0.29, 0.717) is 17.6 Å². The molecule has 0 aromatic rings. The number of hydrogen-bond acceptors (Lipinski definition) is 2. The summed E-state index contributed by atoms with van der Waals surface area (Å²) in [5, 5.41) is 0. The lowest BCUT2D eigenvalue weighted by Crippen LogP contribution is -2.55. The zero-order chi connectivity index (χ0) is 9.47. The van der Waals surface area contributed by atoms with Crippen molar-refractivity contribution in [2.45, 2.75) is 51.7 Å². The van der Waals surface area contributed by atoms with Crippen molar-refractivity contribution >= 4 is 0 Å². The van der Waals surface area contributed by atoms with E-state index in [1.54, 1.807) is 0 Å². The van der Waals surface area contributed by atoms with Gasteiger partial charge < -0.3 is 10.5 Å². The summed E-state index contributed by atoms with van der Waals surface area (Å²) in [5.41, 5.74) is 6.33. The van der Waals surface area contributed by atoms with Crippen LogP contribution in [-0.4, -0.2) is 18.8 Å². The lowest BCUT2D eigenvalue weighted by Gasteiger charge is -2.51. The van der Waals surface area contributed by atoms with Gasteiger partial charge in [-0.25, -0.2) is 0 Å². The molecule has 0 radical (unpaired) electrons. The Morgan fingerprint density at radius 2 is 2.23 bits per heavy atom. The first-order valence-corrected chi connectivity index (χ1v) is 5.48. The molecule has 1 saturated carbocycles. The molecule has 3 atom stereocenters. The Morgan fingerprint density at radius 1 is 1.46 bits per heavy atom. The molecule has 2 nitrogen and oxygen atoms in total. The first kappa shape index (κ1) is 9.47. The molecule has 3 unspecified atom stereocenters. The second kappa shape index (κ2) is 3.25. The molecule has 0 amide bonds. The van der Waals surface area contributed by atoms with Crippen molar-refractivity contribution in [3.8, 4) is 0 Å². The Balaban J connectivity index is 1.83. The van der Waals surface area contributed by atoms with E-state index >= 15 is 0 Å². The van der Waals surface area contributed by atoms with E-state index in [1.807, 2.05) is 0 Å². The number of rotatable bonds is 2.